The van der Waals surface area contributed by atoms with E-state index in [4.69, 9.17) is 4.98 Å². The SMILES string of the molecule is Cc1ccccc1NC(=O)Cc1nc(-c2ccc3c(c2)-c2ccccc2C3)cs1. The standard InChI is InChI=1S/C25H20N2OS/c1-16-6-2-5-9-22(16)26-24(28)14-25-27-23(15-29-25)19-11-10-18-12-17-7-3-4-8-20(17)21(18)13-19/h2-11,13,15H,12,14H2,1H3,(H,26,28). The van der Waals surface area contributed by atoms with Gasteiger partial charge in [0.2, 0.25) is 5.91 Å². The van der Waals surface area contributed by atoms with Crippen LogP contribution in [0, 0.1) is 6.92 Å². The van der Waals surface area contributed by atoms with Crippen molar-refractivity contribution in [3.05, 3.63) is 93.8 Å². The number of amides is 1. The zero-order chi connectivity index (χ0) is 19.8. The summed E-state index contributed by atoms with van der Waals surface area (Å²) >= 11 is 1.53. The van der Waals surface area contributed by atoms with Crippen molar-refractivity contribution in [1.29, 1.82) is 0 Å². The molecular formula is C25H20N2OS. The van der Waals surface area contributed by atoms with Crippen LogP contribution in [-0.4, -0.2) is 10.9 Å². The lowest BCUT2D eigenvalue weighted by Gasteiger charge is -2.06. The molecule has 4 aromatic rings. The van der Waals surface area contributed by atoms with Crippen molar-refractivity contribution in [3.8, 4) is 22.4 Å². The third-order valence-corrected chi connectivity index (χ3v) is 6.23. The van der Waals surface area contributed by atoms with Crippen LogP contribution in [0.5, 0.6) is 0 Å². The molecular weight excluding hydrogens is 376 g/mol. The van der Waals surface area contributed by atoms with E-state index in [0.29, 0.717) is 0 Å². The van der Waals surface area contributed by atoms with Gasteiger partial charge in [0.25, 0.3) is 0 Å². The first-order chi connectivity index (χ1) is 14.2. The van der Waals surface area contributed by atoms with Gasteiger partial charge < -0.3 is 5.32 Å². The molecule has 0 saturated heterocycles. The number of benzene rings is 3. The van der Waals surface area contributed by atoms with Crippen LogP contribution in [0.2, 0.25) is 0 Å². The van der Waals surface area contributed by atoms with Crippen LogP contribution in [0.3, 0.4) is 0 Å². The van der Waals surface area contributed by atoms with Gasteiger partial charge in [-0.2, -0.15) is 0 Å². The molecule has 1 amide bonds. The van der Waals surface area contributed by atoms with E-state index in [-0.39, 0.29) is 12.3 Å². The second-order valence-electron chi connectivity index (χ2n) is 7.37. The fourth-order valence-electron chi connectivity index (χ4n) is 3.85. The maximum Gasteiger partial charge on any atom is 0.231 e. The smallest absolute Gasteiger partial charge is 0.231 e. The third kappa shape index (κ3) is 3.47. The maximum atomic E-state index is 12.4. The van der Waals surface area contributed by atoms with Gasteiger partial charge in [0.05, 0.1) is 12.1 Å². The fourth-order valence-corrected chi connectivity index (χ4v) is 4.65. The highest BCUT2D eigenvalue weighted by molar-refractivity contribution is 7.10. The van der Waals surface area contributed by atoms with E-state index in [9.17, 15) is 4.79 Å². The van der Waals surface area contributed by atoms with Crippen molar-refractivity contribution in [3.63, 3.8) is 0 Å². The van der Waals surface area contributed by atoms with Gasteiger partial charge in [0.1, 0.15) is 5.01 Å². The number of thiazole rings is 1. The highest BCUT2D eigenvalue weighted by atomic mass is 32.1. The topological polar surface area (TPSA) is 42.0 Å². The quantitative estimate of drug-likeness (QED) is 0.413. The van der Waals surface area contributed by atoms with Crippen molar-refractivity contribution < 1.29 is 4.79 Å². The number of anilines is 1. The minimum Gasteiger partial charge on any atom is -0.325 e. The van der Waals surface area contributed by atoms with Crippen LogP contribution in [0.25, 0.3) is 22.4 Å². The van der Waals surface area contributed by atoms with Crippen LogP contribution in [0.4, 0.5) is 5.69 Å². The lowest BCUT2D eigenvalue weighted by atomic mass is 10.0. The molecule has 0 radical (unpaired) electrons. The number of aryl methyl sites for hydroxylation is 1. The van der Waals surface area contributed by atoms with Crippen LogP contribution in [0.15, 0.2) is 72.1 Å². The monoisotopic (exact) mass is 396 g/mol. The Morgan fingerprint density at radius 2 is 1.79 bits per heavy atom. The van der Waals surface area contributed by atoms with Crippen LogP contribution in [0.1, 0.15) is 21.7 Å². The van der Waals surface area contributed by atoms with E-state index in [2.05, 4.69) is 47.8 Å². The molecule has 1 N–H and O–H groups in total. The molecule has 1 aromatic heterocycles. The Morgan fingerprint density at radius 3 is 2.69 bits per heavy atom. The lowest BCUT2D eigenvalue weighted by molar-refractivity contribution is -0.115. The van der Waals surface area contributed by atoms with Gasteiger partial charge in [-0.1, -0.05) is 54.6 Å². The number of nitrogens with one attached hydrogen (secondary N) is 1. The van der Waals surface area contributed by atoms with Gasteiger partial charge in [-0.15, -0.1) is 11.3 Å². The highest BCUT2D eigenvalue weighted by Gasteiger charge is 2.19. The van der Waals surface area contributed by atoms with Crippen LogP contribution < -0.4 is 5.32 Å². The fraction of sp³-hybridized carbons (Fsp3) is 0.120. The van der Waals surface area contributed by atoms with Gasteiger partial charge >= 0.3 is 0 Å². The van der Waals surface area contributed by atoms with Crippen molar-refractivity contribution in [2.24, 2.45) is 0 Å². The number of para-hydroxylation sites is 1. The van der Waals surface area contributed by atoms with Crippen molar-refractivity contribution in [2.75, 3.05) is 5.32 Å². The predicted molar refractivity (Wildman–Crippen MR) is 119 cm³/mol. The number of nitrogens with zero attached hydrogens (tertiary/aromatic N) is 1. The number of fused-ring (bicyclic) bond motifs is 3. The largest absolute Gasteiger partial charge is 0.325 e. The Bertz CT molecular complexity index is 1220. The van der Waals surface area contributed by atoms with Crippen molar-refractivity contribution >= 4 is 22.9 Å². The van der Waals surface area contributed by atoms with Gasteiger partial charge in [-0.3, -0.25) is 4.79 Å². The number of rotatable bonds is 4. The molecule has 0 fully saturated rings. The van der Waals surface area contributed by atoms with E-state index < -0.39 is 0 Å². The zero-order valence-corrected chi connectivity index (χ0v) is 16.9. The minimum absolute atomic E-state index is 0.0388. The summed E-state index contributed by atoms with van der Waals surface area (Å²) in [5, 5.41) is 5.85. The summed E-state index contributed by atoms with van der Waals surface area (Å²) < 4.78 is 0. The van der Waals surface area contributed by atoms with E-state index in [1.807, 2.05) is 36.6 Å². The molecule has 0 atom stereocenters. The summed E-state index contributed by atoms with van der Waals surface area (Å²) in [6.45, 7) is 1.99. The summed E-state index contributed by atoms with van der Waals surface area (Å²) in [7, 11) is 0. The second kappa shape index (κ2) is 7.30. The predicted octanol–water partition coefficient (Wildman–Crippen LogP) is 5.87. The van der Waals surface area contributed by atoms with Gasteiger partial charge in [-0.05, 0) is 53.3 Å². The molecule has 29 heavy (non-hydrogen) atoms. The van der Waals surface area contributed by atoms with Crippen LogP contribution >= 0.6 is 11.3 Å². The molecule has 3 aromatic carbocycles. The number of carbonyl (C=O) groups excluding carboxylic acids is 1. The Balaban J connectivity index is 1.35. The Hall–Kier alpha value is -3.24. The average molecular weight is 397 g/mol. The summed E-state index contributed by atoms with van der Waals surface area (Å²) in [5.74, 6) is -0.0388. The molecule has 3 nitrogen and oxygen atoms in total. The van der Waals surface area contributed by atoms with E-state index in [1.165, 1.54) is 33.6 Å². The second-order valence-corrected chi connectivity index (χ2v) is 8.31. The van der Waals surface area contributed by atoms with Gasteiger partial charge in [-0.25, -0.2) is 4.98 Å². The first kappa shape index (κ1) is 17.8. The first-order valence-electron chi connectivity index (χ1n) is 9.69. The Labute approximate surface area is 174 Å². The summed E-state index contributed by atoms with van der Waals surface area (Å²) in [6, 6.07) is 22.9. The van der Waals surface area contributed by atoms with E-state index in [0.717, 1.165) is 33.9 Å². The molecule has 0 bridgehead atoms. The number of aromatic nitrogens is 1. The molecule has 4 heteroatoms. The Morgan fingerprint density at radius 1 is 1.00 bits per heavy atom. The summed E-state index contributed by atoms with van der Waals surface area (Å²) in [6.07, 6.45) is 1.28. The molecule has 0 spiro atoms. The molecule has 0 saturated carbocycles. The van der Waals surface area contributed by atoms with Gasteiger partial charge in [0, 0.05) is 16.6 Å². The molecule has 1 heterocycles. The molecule has 0 unspecified atom stereocenters. The average Bonchev–Trinajstić information content (AvgIpc) is 3.33. The minimum atomic E-state index is -0.0388. The van der Waals surface area contributed by atoms with Crippen LogP contribution in [-0.2, 0) is 17.6 Å². The number of hydrogen-bond acceptors (Lipinski definition) is 3. The first-order valence-corrected chi connectivity index (χ1v) is 10.6. The number of carbonyl (C=O) groups is 1. The summed E-state index contributed by atoms with van der Waals surface area (Å²) in [4.78, 5) is 17.1. The van der Waals surface area contributed by atoms with E-state index >= 15 is 0 Å². The summed E-state index contributed by atoms with van der Waals surface area (Å²) in [5.41, 5.74) is 9.30. The lowest BCUT2D eigenvalue weighted by Crippen LogP contribution is -2.14. The maximum absolute atomic E-state index is 12.4. The van der Waals surface area contributed by atoms with E-state index in [1.54, 1.807) is 0 Å². The molecule has 1 aliphatic rings. The highest BCUT2D eigenvalue weighted by Crippen LogP contribution is 2.38. The molecule has 142 valence electrons. The van der Waals surface area contributed by atoms with Crippen molar-refractivity contribution in [1.82, 2.24) is 4.98 Å². The normalized spacial score (nSPS) is 11.8. The van der Waals surface area contributed by atoms with Gasteiger partial charge in [0.15, 0.2) is 0 Å². The molecule has 1 aliphatic carbocycles. The Kier molecular flexibility index (Phi) is 4.49. The molecule has 0 aliphatic heterocycles. The van der Waals surface area contributed by atoms with Crippen molar-refractivity contribution in [2.45, 2.75) is 19.8 Å². The zero-order valence-electron chi connectivity index (χ0n) is 16.1. The molecule has 5 rings (SSSR count). The third-order valence-electron chi connectivity index (χ3n) is 5.38. The number of hydrogen-bond donors (Lipinski definition) is 1.